The van der Waals surface area contributed by atoms with Gasteiger partial charge in [0.2, 0.25) is 0 Å². The summed E-state index contributed by atoms with van der Waals surface area (Å²) in [6.45, 7) is 0. The molecule has 0 atom stereocenters. The van der Waals surface area contributed by atoms with E-state index in [4.69, 9.17) is 5.11 Å². The second kappa shape index (κ2) is 5.67. The molecule has 0 amide bonds. The number of aromatic carboxylic acids is 1. The molecular weight excluding hydrogens is 322 g/mol. The monoisotopic (exact) mass is 329 g/mol. The summed E-state index contributed by atoms with van der Waals surface area (Å²) in [5.41, 5.74) is -3.12. The van der Waals surface area contributed by atoms with Crippen LogP contribution in [0.2, 0.25) is 0 Å². The zero-order valence-corrected chi connectivity index (χ0v) is 11.1. The van der Waals surface area contributed by atoms with Crippen molar-refractivity contribution in [3.05, 3.63) is 63.5 Å². The molecule has 5 nitrogen and oxygen atoms in total. The Hall–Kier alpha value is -2.97. The number of halogens is 4. The maximum Gasteiger partial charge on any atom is 0.419 e. The van der Waals surface area contributed by atoms with Gasteiger partial charge < -0.3 is 5.11 Å². The van der Waals surface area contributed by atoms with Crippen molar-refractivity contribution in [2.24, 2.45) is 0 Å². The van der Waals surface area contributed by atoms with Gasteiger partial charge in [0, 0.05) is 17.7 Å². The molecule has 0 aliphatic rings. The van der Waals surface area contributed by atoms with Gasteiger partial charge in [-0.3, -0.25) is 10.1 Å². The predicted molar refractivity (Wildman–Crippen MR) is 70.5 cm³/mol. The van der Waals surface area contributed by atoms with Crippen LogP contribution in [0.25, 0.3) is 11.1 Å². The Kier molecular flexibility index (Phi) is 4.04. The normalized spacial score (nSPS) is 11.3. The van der Waals surface area contributed by atoms with Crippen LogP contribution in [0.1, 0.15) is 15.9 Å². The number of nitro groups is 1. The Balaban J connectivity index is 2.72. The van der Waals surface area contributed by atoms with Crippen molar-refractivity contribution < 1.29 is 32.4 Å². The summed E-state index contributed by atoms with van der Waals surface area (Å²) in [7, 11) is 0. The van der Waals surface area contributed by atoms with Crippen molar-refractivity contribution in [3.8, 4) is 11.1 Å². The van der Waals surface area contributed by atoms with Crippen LogP contribution in [0.4, 0.5) is 23.2 Å². The molecule has 0 heterocycles. The number of rotatable bonds is 3. The topological polar surface area (TPSA) is 80.4 Å². The summed E-state index contributed by atoms with van der Waals surface area (Å²) in [5, 5.41) is 19.8. The number of alkyl halides is 3. The first kappa shape index (κ1) is 16.4. The molecule has 23 heavy (non-hydrogen) atoms. The molecule has 0 aliphatic carbocycles. The maximum absolute atomic E-state index is 13.3. The number of carboxylic acid groups (broad SMARTS) is 1. The van der Waals surface area contributed by atoms with E-state index in [1.54, 1.807) is 0 Å². The molecule has 2 aromatic carbocycles. The van der Waals surface area contributed by atoms with Gasteiger partial charge in [0.05, 0.1) is 16.1 Å². The number of hydrogen-bond donors (Lipinski definition) is 1. The second-order valence-corrected chi connectivity index (χ2v) is 4.48. The Bertz CT molecular complexity index is 802. The van der Waals surface area contributed by atoms with E-state index in [0.717, 1.165) is 24.3 Å². The lowest BCUT2D eigenvalue weighted by molar-refractivity contribution is -0.384. The molecule has 0 radical (unpaired) electrons. The standard InChI is InChI=1S/C14H7F4NO4/c15-12-4-1-7(5-11(12)14(16,17)18)10-6-8(19(22)23)2-3-9(10)13(20)21/h1-6H,(H,20,21). The molecule has 120 valence electrons. The average molecular weight is 329 g/mol. The fourth-order valence-corrected chi connectivity index (χ4v) is 1.98. The van der Waals surface area contributed by atoms with Crippen LogP contribution in [-0.2, 0) is 6.18 Å². The molecule has 0 aliphatic heterocycles. The van der Waals surface area contributed by atoms with E-state index >= 15 is 0 Å². The minimum absolute atomic E-state index is 0.292. The second-order valence-electron chi connectivity index (χ2n) is 4.48. The number of nitro benzene ring substituents is 1. The first-order chi connectivity index (χ1) is 10.6. The number of hydrogen-bond acceptors (Lipinski definition) is 3. The van der Waals surface area contributed by atoms with E-state index in [9.17, 15) is 32.5 Å². The Morgan fingerprint density at radius 1 is 1.13 bits per heavy atom. The lowest BCUT2D eigenvalue weighted by Crippen LogP contribution is -2.08. The van der Waals surface area contributed by atoms with Gasteiger partial charge in [-0.05, 0) is 23.8 Å². The molecule has 0 unspecified atom stereocenters. The summed E-state index contributed by atoms with van der Waals surface area (Å²) >= 11 is 0. The smallest absolute Gasteiger partial charge is 0.419 e. The first-order valence-electron chi connectivity index (χ1n) is 6.00. The van der Waals surface area contributed by atoms with Crippen molar-refractivity contribution in [1.82, 2.24) is 0 Å². The van der Waals surface area contributed by atoms with Crippen LogP contribution in [0.5, 0.6) is 0 Å². The molecular formula is C14H7F4NO4. The minimum atomic E-state index is -4.98. The van der Waals surface area contributed by atoms with Crippen molar-refractivity contribution in [1.29, 1.82) is 0 Å². The quantitative estimate of drug-likeness (QED) is 0.522. The lowest BCUT2D eigenvalue weighted by atomic mass is 9.97. The summed E-state index contributed by atoms with van der Waals surface area (Å²) < 4.78 is 51.5. The van der Waals surface area contributed by atoms with E-state index in [2.05, 4.69) is 0 Å². The van der Waals surface area contributed by atoms with Crippen LogP contribution >= 0.6 is 0 Å². The Labute approximate surface area is 125 Å². The van der Waals surface area contributed by atoms with E-state index in [-0.39, 0.29) is 11.1 Å². The van der Waals surface area contributed by atoms with Gasteiger partial charge in [0.1, 0.15) is 5.82 Å². The molecule has 0 saturated heterocycles. The van der Waals surface area contributed by atoms with E-state index < -0.39 is 39.7 Å². The minimum Gasteiger partial charge on any atom is -0.478 e. The molecule has 1 N–H and O–H groups in total. The zero-order chi connectivity index (χ0) is 17.4. The van der Waals surface area contributed by atoms with Crippen LogP contribution in [-0.4, -0.2) is 16.0 Å². The van der Waals surface area contributed by atoms with Gasteiger partial charge in [-0.25, -0.2) is 9.18 Å². The Morgan fingerprint density at radius 3 is 2.30 bits per heavy atom. The summed E-state index contributed by atoms with van der Waals surface area (Å²) in [6, 6.07) is 4.53. The molecule has 2 aromatic rings. The molecule has 0 spiro atoms. The van der Waals surface area contributed by atoms with Crippen LogP contribution in [0, 0.1) is 15.9 Å². The Morgan fingerprint density at radius 2 is 1.78 bits per heavy atom. The molecule has 0 fully saturated rings. The van der Waals surface area contributed by atoms with Crippen LogP contribution in [0.3, 0.4) is 0 Å². The van der Waals surface area contributed by atoms with Gasteiger partial charge in [-0.1, -0.05) is 6.07 Å². The lowest BCUT2D eigenvalue weighted by Gasteiger charge is -2.11. The largest absolute Gasteiger partial charge is 0.478 e. The highest BCUT2D eigenvalue weighted by Crippen LogP contribution is 2.36. The third-order valence-electron chi connectivity index (χ3n) is 3.03. The number of carbonyl (C=O) groups is 1. The number of benzene rings is 2. The maximum atomic E-state index is 13.3. The van der Waals surface area contributed by atoms with Gasteiger partial charge in [-0.2, -0.15) is 13.2 Å². The average Bonchev–Trinajstić information content (AvgIpc) is 2.45. The van der Waals surface area contributed by atoms with Crippen LogP contribution in [0.15, 0.2) is 36.4 Å². The van der Waals surface area contributed by atoms with E-state index in [1.165, 1.54) is 0 Å². The highest BCUT2D eigenvalue weighted by atomic mass is 19.4. The third kappa shape index (κ3) is 3.28. The zero-order valence-electron chi connectivity index (χ0n) is 11.1. The molecule has 0 aromatic heterocycles. The summed E-state index contributed by atoms with van der Waals surface area (Å²) in [6.07, 6.45) is -4.98. The molecule has 9 heteroatoms. The van der Waals surface area contributed by atoms with Gasteiger partial charge in [-0.15, -0.1) is 0 Å². The highest BCUT2D eigenvalue weighted by Gasteiger charge is 2.34. The van der Waals surface area contributed by atoms with E-state index in [1.807, 2.05) is 0 Å². The number of nitrogens with zero attached hydrogens (tertiary/aromatic N) is 1. The van der Waals surface area contributed by atoms with Crippen molar-refractivity contribution in [2.75, 3.05) is 0 Å². The molecule has 0 saturated carbocycles. The molecule has 0 bridgehead atoms. The third-order valence-corrected chi connectivity index (χ3v) is 3.03. The van der Waals surface area contributed by atoms with Crippen LogP contribution < -0.4 is 0 Å². The van der Waals surface area contributed by atoms with Crippen molar-refractivity contribution >= 4 is 11.7 Å². The molecule has 2 rings (SSSR count). The fraction of sp³-hybridized carbons (Fsp3) is 0.0714. The number of non-ortho nitro benzene ring substituents is 1. The van der Waals surface area contributed by atoms with Gasteiger partial charge in [0.15, 0.2) is 0 Å². The highest BCUT2D eigenvalue weighted by molar-refractivity contribution is 5.96. The summed E-state index contributed by atoms with van der Waals surface area (Å²) in [4.78, 5) is 21.1. The SMILES string of the molecule is O=C(O)c1ccc([N+](=O)[O-])cc1-c1ccc(F)c(C(F)(F)F)c1. The van der Waals surface area contributed by atoms with Gasteiger partial charge in [0.25, 0.3) is 5.69 Å². The van der Waals surface area contributed by atoms with Crippen molar-refractivity contribution in [3.63, 3.8) is 0 Å². The van der Waals surface area contributed by atoms with E-state index in [0.29, 0.717) is 12.1 Å². The number of carboxylic acids is 1. The van der Waals surface area contributed by atoms with Gasteiger partial charge >= 0.3 is 12.1 Å². The predicted octanol–water partition coefficient (Wildman–Crippen LogP) is 4.12. The summed E-state index contributed by atoms with van der Waals surface area (Å²) in [5.74, 6) is -3.00. The first-order valence-corrected chi connectivity index (χ1v) is 6.00. The van der Waals surface area contributed by atoms with Crippen molar-refractivity contribution in [2.45, 2.75) is 6.18 Å². The fourth-order valence-electron chi connectivity index (χ4n) is 1.98.